The summed E-state index contributed by atoms with van der Waals surface area (Å²) in [5.74, 6) is -0.711. The zero-order valence-corrected chi connectivity index (χ0v) is 17.4. The Labute approximate surface area is 175 Å². The van der Waals surface area contributed by atoms with Crippen molar-refractivity contribution < 1.29 is 31.1 Å². The molecule has 2 rings (SSSR count). The number of sulfonamides is 1. The van der Waals surface area contributed by atoms with E-state index in [0.29, 0.717) is 10.4 Å². The second-order valence-corrected chi connectivity index (χ2v) is 8.68. The number of nitrogens with zero attached hydrogens (tertiary/aromatic N) is 1. The standard InChI is InChI=1S/C17H15Cl2F3N2O4S/c1-24(29(26,27)11-4-6-15(28-2)13(19)8-11)9-16(25)23-14-5-3-10(18)7-12(14)17(20,21)22/h3-8H,9H2,1-2H3,(H,23,25). The van der Waals surface area contributed by atoms with Crippen molar-refractivity contribution >= 4 is 44.8 Å². The summed E-state index contributed by atoms with van der Waals surface area (Å²) in [5.41, 5.74) is -1.68. The lowest BCUT2D eigenvalue weighted by molar-refractivity contribution is -0.137. The summed E-state index contributed by atoms with van der Waals surface area (Å²) in [6.07, 6.45) is -4.76. The van der Waals surface area contributed by atoms with Crippen LogP contribution in [0.15, 0.2) is 41.3 Å². The van der Waals surface area contributed by atoms with E-state index in [1.54, 1.807) is 0 Å². The van der Waals surface area contributed by atoms with Crippen LogP contribution in [0, 0.1) is 0 Å². The highest BCUT2D eigenvalue weighted by Crippen LogP contribution is 2.36. The Morgan fingerprint density at radius 2 is 1.83 bits per heavy atom. The second-order valence-electron chi connectivity index (χ2n) is 5.79. The van der Waals surface area contributed by atoms with Crippen LogP contribution in [0.25, 0.3) is 0 Å². The lowest BCUT2D eigenvalue weighted by Crippen LogP contribution is -2.35. The summed E-state index contributed by atoms with van der Waals surface area (Å²) >= 11 is 11.5. The normalized spacial score (nSPS) is 12.1. The van der Waals surface area contributed by atoms with Gasteiger partial charge >= 0.3 is 6.18 Å². The number of rotatable bonds is 6. The molecule has 0 radical (unpaired) electrons. The molecule has 6 nitrogen and oxygen atoms in total. The zero-order valence-electron chi connectivity index (χ0n) is 15.0. The van der Waals surface area contributed by atoms with Crippen molar-refractivity contribution in [2.24, 2.45) is 0 Å². The molecular formula is C17H15Cl2F3N2O4S. The highest BCUT2D eigenvalue weighted by atomic mass is 35.5. The average Bonchev–Trinajstić information content (AvgIpc) is 2.62. The molecule has 0 aliphatic rings. The summed E-state index contributed by atoms with van der Waals surface area (Å²) in [7, 11) is -1.66. The summed E-state index contributed by atoms with van der Waals surface area (Å²) in [6, 6.07) is 6.54. The maximum absolute atomic E-state index is 13.1. The molecule has 0 atom stereocenters. The molecule has 0 bridgehead atoms. The number of hydrogen-bond donors (Lipinski definition) is 1. The predicted molar refractivity (Wildman–Crippen MR) is 103 cm³/mol. The molecular weight excluding hydrogens is 456 g/mol. The summed E-state index contributed by atoms with van der Waals surface area (Å²) in [6.45, 7) is -0.730. The average molecular weight is 471 g/mol. The van der Waals surface area contributed by atoms with E-state index in [-0.39, 0.29) is 20.7 Å². The van der Waals surface area contributed by atoms with Gasteiger partial charge in [-0.3, -0.25) is 4.79 Å². The molecule has 0 aromatic heterocycles. The van der Waals surface area contributed by atoms with Gasteiger partial charge in [-0.25, -0.2) is 8.42 Å². The fourth-order valence-electron chi connectivity index (χ4n) is 2.32. The number of nitrogens with one attached hydrogen (secondary N) is 1. The van der Waals surface area contributed by atoms with Gasteiger partial charge in [0.15, 0.2) is 0 Å². The monoisotopic (exact) mass is 470 g/mol. The molecule has 1 amide bonds. The van der Waals surface area contributed by atoms with Crippen molar-refractivity contribution in [2.45, 2.75) is 11.1 Å². The maximum atomic E-state index is 13.1. The largest absolute Gasteiger partial charge is 0.495 e. The number of benzene rings is 2. The minimum atomic E-state index is -4.76. The van der Waals surface area contributed by atoms with Gasteiger partial charge < -0.3 is 10.1 Å². The number of carbonyl (C=O) groups is 1. The Morgan fingerprint density at radius 1 is 1.17 bits per heavy atom. The highest BCUT2D eigenvalue weighted by Gasteiger charge is 2.34. The molecule has 1 N–H and O–H groups in total. The van der Waals surface area contributed by atoms with Gasteiger partial charge in [-0.2, -0.15) is 17.5 Å². The Balaban J connectivity index is 2.20. The molecule has 0 fully saturated rings. The molecule has 2 aromatic rings. The number of alkyl halides is 3. The first-order valence-electron chi connectivity index (χ1n) is 7.82. The number of halogens is 5. The van der Waals surface area contributed by atoms with E-state index in [4.69, 9.17) is 27.9 Å². The van der Waals surface area contributed by atoms with Gasteiger partial charge in [0.1, 0.15) is 5.75 Å². The maximum Gasteiger partial charge on any atom is 0.418 e. The van der Waals surface area contributed by atoms with Crippen LogP contribution in [0.3, 0.4) is 0 Å². The van der Waals surface area contributed by atoms with E-state index < -0.39 is 39.9 Å². The van der Waals surface area contributed by atoms with Crippen molar-refractivity contribution in [3.05, 3.63) is 52.0 Å². The Bertz CT molecular complexity index is 1030. The molecule has 2 aromatic carbocycles. The molecule has 0 aliphatic heterocycles. The van der Waals surface area contributed by atoms with Crippen molar-refractivity contribution in [2.75, 3.05) is 26.0 Å². The van der Waals surface area contributed by atoms with Crippen LogP contribution in [-0.4, -0.2) is 39.3 Å². The SMILES string of the molecule is COc1ccc(S(=O)(=O)N(C)CC(=O)Nc2ccc(Cl)cc2C(F)(F)F)cc1Cl. The lowest BCUT2D eigenvalue weighted by Gasteiger charge is -2.19. The molecule has 0 saturated heterocycles. The number of hydrogen-bond acceptors (Lipinski definition) is 4. The summed E-state index contributed by atoms with van der Waals surface area (Å²) in [4.78, 5) is 12.0. The van der Waals surface area contributed by atoms with Crippen molar-refractivity contribution in [3.8, 4) is 5.75 Å². The number of likely N-dealkylation sites (N-methyl/N-ethyl adjacent to an activating group) is 1. The number of methoxy groups -OCH3 is 1. The van der Waals surface area contributed by atoms with Crippen LogP contribution in [-0.2, 0) is 21.0 Å². The van der Waals surface area contributed by atoms with Crippen LogP contribution in [0.5, 0.6) is 5.75 Å². The van der Waals surface area contributed by atoms with E-state index in [2.05, 4.69) is 5.32 Å². The quantitative estimate of drug-likeness (QED) is 0.683. The van der Waals surface area contributed by atoms with Crippen LogP contribution >= 0.6 is 23.2 Å². The first-order valence-corrected chi connectivity index (χ1v) is 10.0. The minimum Gasteiger partial charge on any atom is -0.495 e. The van der Waals surface area contributed by atoms with Crippen LogP contribution in [0.1, 0.15) is 5.56 Å². The van der Waals surface area contributed by atoms with Crippen molar-refractivity contribution in [1.82, 2.24) is 4.31 Å². The first-order chi connectivity index (χ1) is 13.4. The molecule has 0 spiro atoms. The van der Waals surface area contributed by atoms with E-state index in [0.717, 1.165) is 19.2 Å². The predicted octanol–water partition coefficient (Wildman–Crippen LogP) is 4.28. The topological polar surface area (TPSA) is 75.7 Å². The van der Waals surface area contributed by atoms with E-state index in [1.807, 2.05) is 0 Å². The van der Waals surface area contributed by atoms with E-state index >= 15 is 0 Å². The van der Waals surface area contributed by atoms with E-state index in [1.165, 1.54) is 25.3 Å². The zero-order chi connectivity index (χ0) is 22.0. The number of ether oxygens (including phenoxy) is 1. The third-order valence-electron chi connectivity index (χ3n) is 3.76. The smallest absolute Gasteiger partial charge is 0.418 e. The third-order valence-corrected chi connectivity index (χ3v) is 6.09. The molecule has 0 aliphatic carbocycles. The molecule has 158 valence electrons. The van der Waals surface area contributed by atoms with Crippen LogP contribution < -0.4 is 10.1 Å². The molecule has 12 heteroatoms. The Morgan fingerprint density at radius 3 is 2.38 bits per heavy atom. The Hall–Kier alpha value is -2.01. The fraction of sp³-hybridized carbons (Fsp3) is 0.235. The highest BCUT2D eigenvalue weighted by molar-refractivity contribution is 7.89. The number of carbonyl (C=O) groups excluding carboxylic acids is 1. The van der Waals surface area contributed by atoms with E-state index in [9.17, 15) is 26.4 Å². The molecule has 0 saturated carbocycles. The molecule has 0 heterocycles. The van der Waals surface area contributed by atoms with Crippen LogP contribution in [0.4, 0.5) is 18.9 Å². The Kier molecular flexibility index (Phi) is 7.05. The van der Waals surface area contributed by atoms with Crippen molar-refractivity contribution in [3.63, 3.8) is 0 Å². The minimum absolute atomic E-state index is 0.0439. The van der Waals surface area contributed by atoms with Gasteiger partial charge in [-0.15, -0.1) is 0 Å². The van der Waals surface area contributed by atoms with Gasteiger partial charge in [-0.1, -0.05) is 23.2 Å². The van der Waals surface area contributed by atoms with Gasteiger partial charge in [-0.05, 0) is 36.4 Å². The first kappa shape index (κ1) is 23.3. The number of anilines is 1. The fourth-order valence-corrected chi connectivity index (χ4v) is 3.97. The molecule has 0 unspecified atom stereocenters. The van der Waals surface area contributed by atoms with Crippen molar-refractivity contribution in [1.29, 1.82) is 0 Å². The summed E-state index contributed by atoms with van der Waals surface area (Å²) in [5, 5.41) is 1.94. The summed E-state index contributed by atoms with van der Waals surface area (Å²) < 4.78 is 70.2. The van der Waals surface area contributed by atoms with Gasteiger partial charge in [0.05, 0.1) is 34.8 Å². The molecule has 29 heavy (non-hydrogen) atoms. The lowest BCUT2D eigenvalue weighted by atomic mass is 10.1. The van der Waals surface area contributed by atoms with Gasteiger partial charge in [0, 0.05) is 12.1 Å². The van der Waals surface area contributed by atoms with Crippen LogP contribution in [0.2, 0.25) is 10.0 Å². The third kappa shape index (κ3) is 5.53. The number of amides is 1. The van der Waals surface area contributed by atoms with Gasteiger partial charge in [0.25, 0.3) is 0 Å². The second kappa shape index (κ2) is 8.78. The van der Waals surface area contributed by atoms with Gasteiger partial charge in [0.2, 0.25) is 15.9 Å².